The van der Waals surface area contributed by atoms with Crippen LogP contribution in [0.3, 0.4) is 0 Å². The Hall–Kier alpha value is -0.890. The van der Waals surface area contributed by atoms with Crippen molar-refractivity contribution in [2.75, 3.05) is 0 Å². The number of rotatable bonds is 1. The molecule has 0 unspecified atom stereocenters. The van der Waals surface area contributed by atoms with Crippen LogP contribution in [0.1, 0.15) is 24.3 Å². The summed E-state index contributed by atoms with van der Waals surface area (Å²) < 4.78 is 0. The number of nitrogens with zero attached hydrogens (tertiary/aromatic N) is 1. The lowest BCUT2D eigenvalue weighted by atomic mass is 9.77. The smallest absolute Gasteiger partial charge is 0.0302 e. The predicted molar refractivity (Wildman–Crippen MR) is 44.2 cm³/mol. The fourth-order valence-corrected chi connectivity index (χ4v) is 1.55. The molecule has 0 atom stereocenters. The molecule has 58 valence electrons. The molecular weight excluding hydrogens is 136 g/mol. The summed E-state index contributed by atoms with van der Waals surface area (Å²) >= 11 is 0. The molecule has 1 aliphatic rings. The highest BCUT2D eigenvalue weighted by molar-refractivity contribution is 5.18. The van der Waals surface area contributed by atoms with E-state index in [4.69, 9.17) is 5.73 Å². The summed E-state index contributed by atoms with van der Waals surface area (Å²) in [5.41, 5.74) is 7.03. The van der Waals surface area contributed by atoms with Gasteiger partial charge in [-0.1, -0.05) is 6.07 Å². The van der Waals surface area contributed by atoms with Crippen molar-refractivity contribution in [1.29, 1.82) is 0 Å². The molecule has 2 rings (SSSR count). The Morgan fingerprint density at radius 3 is 2.82 bits per heavy atom. The number of aromatic nitrogens is 1. The number of pyridine rings is 1. The molecule has 2 N–H and O–H groups in total. The van der Waals surface area contributed by atoms with Crippen LogP contribution in [0.25, 0.3) is 0 Å². The highest BCUT2D eigenvalue weighted by Crippen LogP contribution is 2.34. The van der Waals surface area contributed by atoms with Gasteiger partial charge in [-0.05, 0) is 30.4 Å². The molecule has 0 saturated heterocycles. The summed E-state index contributed by atoms with van der Waals surface area (Å²) in [5.74, 6) is 0.679. The number of hydrogen-bond acceptors (Lipinski definition) is 2. The third kappa shape index (κ3) is 1.26. The molecule has 0 amide bonds. The maximum atomic E-state index is 5.69. The minimum atomic E-state index is 0.431. The largest absolute Gasteiger partial charge is 0.328 e. The summed E-state index contributed by atoms with van der Waals surface area (Å²) in [6.45, 7) is 0. The lowest BCUT2D eigenvalue weighted by Crippen LogP contribution is -2.34. The van der Waals surface area contributed by atoms with E-state index in [0.717, 1.165) is 12.8 Å². The quantitative estimate of drug-likeness (QED) is 0.651. The summed E-state index contributed by atoms with van der Waals surface area (Å²) in [7, 11) is 0. The zero-order chi connectivity index (χ0) is 7.68. The second kappa shape index (κ2) is 2.62. The summed E-state index contributed by atoms with van der Waals surface area (Å²) in [6, 6.07) is 4.54. The maximum absolute atomic E-state index is 5.69. The van der Waals surface area contributed by atoms with Crippen molar-refractivity contribution in [2.45, 2.75) is 24.8 Å². The van der Waals surface area contributed by atoms with E-state index in [9.17, 15) is 0 Å². The van der Waals surface area contributed by atoms with Crippen molar-refractivity contribution >= 4 is 0 Å². The van der Waals surface area contributed by atoms with Crippen LogP contribution in [0.4, 0.5) is 0 Å². The van der Waals surface area contributed by atoms with E-state index >= 15 is 0 Å². The van der Waals surface area contributed by atoms with Crippen LogP contribution in [0, 0.1) is 0 Å². The first-order chi connectivity index (χ1) is 5.36. The molecule has 1 aromatic heterocycles. The van der Waals surface area contributed by atoms with E-state index in [0.29, 0.717) is 12.0 Å². The molecular formula is C9H12N2. The number of nitrogens with two attached hydrogens (primary N) is 1. The minimum absolute atomic E-state index is 0.431. The molecule has 1 aliphatic carbocycles. The first-order valence-corrected chi connectivity index (χ1v) is 4.02. The monoisotopic (exact) mass is 148 g/mol. The van der Waals surface area contributed by atoms with Gasteiger partial charge in [0.2, 0.25) is 0 Å². The highest BCUT2D eigenvalue weighted by atomic mass is 14.7. The molecule has 1 fully saturated rings. The topological polar surface area (TPSA) is 38.9 Å². The SMILES string of the molecule is NC1CC(c2cccnc2)C1. The van der Waals surface area contributed by atoms with Crippen LogP contribution >= 0.6 is 0 Å². The van der Waals surface area contributed by atoms with Gasteiger partial charge in [-0.2, -0.15) is 0 Å². The van der Waals surface area contributed by atoms with Gasteiger partial charge in [0, 0.05) is 18.4 Å². The molecule has 0 radical (unpaired) electrons. The molecule has 2 nitrogen and oxygen atoms in total. The van der Waals surface area contributed by atoms with Crippen molar-refractivity contribution in [2.24, 2.45) is 5.73 Å². The van der Waals surface area contributed by atoms with E-state index in [1.54, 1.807) is 0 Å². The van der Waals surface area contributed by atoms with Crippen molar-refractivity contribution in [1.82, 2.24) is 4.98 Å². The molecule has 0 bridgehead atoms. The van der Waals surface area contributed by atoms with Gasteiger partial charge in [-0.3, -0.25) is 4.98 Å². The lowest BCUT2D eigenvalue weighted by Gasteiger charge is -2.32. The molecule has 11 heavy (non-hydrogen) atoms. The Bertz CT molecular complexity index is 227. The van der Waals surface area contributed by atoms with Crippen LogP contribution < -0.4 is 5.73 Å². The minimum Gasteiger partial charge on any atom is -0.328 e. The number of hydrogen-bond donors (Lipinski definition) is 1. The maximum Gasteiger partial charge on any atom is 0.0302 e. The van der Waals surface area contributed by atoms with Crippen LogP contribution in [-0.4, -0.2) is 11.0 Å². The summed E-state index contributed by atoms with van der Waals surface area (Å²) in [5, 5.41) is 0. The second-order valence-corrected chi connectivity index (χ2v) is 3.21. The predicted octanol–water partition coefficient (Wildman–Crippen LogP) is 1.29. The summed E-state index contributed by atoms with van der Waals surface area (Å²) in [6.07, 6.45) is 6.01. The van der Waals surface area contributed by atoms with E-state index in [2.05, 4.69) is 11.1 Å². The van der Waals surface area contributed by atoms with Crippen LogP contribution in [0.15, 0.2) is 24.5 Å². The normalized spacial score (nSPS) is 29.5. The molecule has 0 aliphatic heterocycles. The molecule has 1 saturated carbocycles. The third-order valence-corrected chi connectivity index (χ3v) is 2.33. The molecule has 1 aromatic rings. The van der Waals surface area contributed by atoms with E-state index in [-0.39, 0.29) is 0 Å². The molecule has 0 spiro atoms. The Morgan fingerprint density at radius 2 is 2.27 bits per heavy atom. The summed E-state index contributed by atoms with van der Waals surface area (Å²) in [4.78, 5) is 4.07. The van der Waals surface area contributed by atoms with E-state index in [1.165, 1.54) is 5.56 Å². The van der Waals surface area contributed by atoms with Crippen molar-refractivity contribution in [3.05, 3.63) is 30.1 Å². The van der Waals surface area contributed by atoms with Crippen molar-refractivity contribution < 1.29 is 0 Å². The van der Waals surface area contributed by atoms with Crippen LogP contribution in [0.2, 0.25) is 0 Å². The molecule has 1 heterocycles. The molecule has 0 aromatic carbocycles. The fraction of sp³-hybridized carbons (Fsp3) is 0.444. The zero-order valence-corrected chi connectivity index (χ0v) is 6.40. The third-order valence-electron chi connectivity index (χ3n) is 2.33. The van der Waals surface area contributed by atoms with E-state index < -0.39 is 0 Å². The van der Waals surface area contributed by atoms with Gasteiger partial charge in [0.25, 0.3) is 0 Å². The first kappa shape index (κ1) is 6.80. The molecule has 2 heteroatoms. The Labute approximate surface area is 66.4 Å². The van der Waals surface area contributed by atoms with Crippen molar-refractivity contribution in [3.63, 3.8) is 0 Å². The van der Waals surface area contributed by atoms with Gasteiger partial charge < -0.3 is 5.73 Å². The highest BCUT2D eigenvalue weighted by Gasteiger charge is 2.26. The zero-order valence-electron chi connectivity index (χ0n) is 6.40. The van der Waals surface area contributed by atoms with Gasteiger partial charge in [0.1, 0.15) is 0 Å². The van der Waals surface area contributed by atoms with Gasteiger partial charge in [-0.15, -0.1) is 0 Å². The lowest BCUT2D eigenvalue weighted by molar-refractivity contribution is 0.351. The second-order valence-electron chi connectivity index (χ2n) is 3.21. The Morgan fingerprint density at radius 1 is 1.45 bits per heavy atom. The van der Waals surface area contributed by atoms with Gasteiger partial charge in [-0.25, -0.2) is 0 Å². The van der Waals surface area contributed by atoms with E-state index in [1.807, 2.05) is 18.5 Å². The van der Waals surface area contributed by atoms with Crippen LogP contribution in [-0.2, 0) is 0 Å². The standard InChI is InChI=1S/C9H12N2/c10-9-4-8(5-9)7-2-1-3-11-6-7/h1-3,6,8-9H,4-5,10H2. The average molecular weight is 148 g/mol. The van der Waals surface area contributed by atoms with Crippen LogP contribution in [0.5, 0.6) is 0 Å². The van der Waals surface area contributed by atoms with Gasteiger partial charge in [0.05, 0.1) is 0 Å². The average Bonchev–Trinajstić information content (AvgIpc) is 2.01. The Balaban J connectivity index is 2.08. The van der Waals surface area contributed by atoms with Gasteiger partial charge >= 0.3 is 0 Å². The van der Waals surface area contributed by atoms with Crippen molar-refractivity contribution in [3.8, 4) is 0 Å². The fourth-order valence-electron chi connectivity index (χ4n) is 1.55. The Kier molecular flexibility index (Phi) is 1.62. The van der Waals surface area contributed by atoms with Gasteiger partial charge in [0.15, 0.2) is 0 Å². The first-order valence-electron chi connectivity index (χ1n) is 4.02.